The third-order valence-electron chi connectivity index (χ3n) is 8.81. The van der Waals surface area contributed by atoms with Gasteiger partial charge in [-0.25, -0.2) is 4.98 Å². The number of carbonyl (C=O) groups excluding carboxylic acids is 2. The molecule has 2 aromatic rings. The van der Waals surface area contributed by atoms with Crippen molar-refractivity contribution >= 4 is 41.8 Å². The molecule has 2 bridgehead atoms. The van der Waals surface area contributed by atoms with E-state index in [4.69, 9.17) is 0 Å². The highest BCUT2D eigenvalue weighted by atomic mass is 32.2. The largest absolute Gasteiger partial charge is 0.361 e. The minimum absolute atomic E-state index is 0.0852. The van der Waals surface area contributed by atoms with Crippen molar-refractivity contribution in [3.8, 4) is 0 Å². The molecule has 1 spiro atoms. The van der Waals surface area contributed by atoms with E-state index in [1.165, 1.54) is 12.8 Å². The number of fused-ring (bicyclic) bond motifs is 2. The lowest BCUT2D eigenvalue weighted by Crippen LogP contribution is -2.74. The van der Waals surface area contributed by atoms with Crippen LogP contribution in [0.25, 0.3) is 5.70 Å². The topological polar surface area (TPSA) is 99.0 Å². The fourth-order valence-electron chi connectivity index (χ4n) is 6.76. The van der Waals surface area contributed by atoms with Crippen LogP contribution in [0.3, 0.4) is 0 Å². The van der Waals surface area contributed by atoms with Crippen LogP contribution in [-0.2, 0) is 11.8 Å². The number of likely N-dealkylation sites (tertiary alicyclic amines) is 1. The lowest BCUT2D eigenvalue weighted by Gasteiger charge is -2.64. The van der Waals surface area contributed by atoms with Crippen molar-refractivity contribution < 1.29 is 9.59 Å². The Balaban J connectivity index is 0.966. The predicted molar refractivity (Wildman–Crippen MR) is 153 cm³/mol. The van der Waals surface area contributed by atoms with Crippen molar-refractivity contribution in [3.63, 3.8) is 0 Å². The quantitative estimate of drug-likeness (QED) is 0.308. The van der Waals surface area contributed by atoms with Gasteiger partial charge in [-0.2, -0.15) is 5.10 Å². The van der Waals surface area contributed by atoms with Crippen molar-refractivity contribution in [2.45, 2.75) is 51.2 Å². The number of carbonyl (C=O) groups is 2. The van der Waals surface area contributed by atoms with Crippen LogP contribution >= 0.6 is 11.8 Å². The summed E-state index contributed by atoms with van der Waals surface area (Å²) >= 11 is 1.57. The molecule has 4 aliphatic heterocycles. The molecule has 1 saturated carbocycles. The normalized spacial score (nSPS) is 24.1. The van der Waals surface area contributed by atoms with Gasteiger partial charge in [0.1, 0.15) is 5.82 Å². The Morgan fingerprint density at radius 2 is 1.97 bits per heavy atom. The number of thioether (sulfide) groups is 1. The molecule has 11 heteroatoms. The molecule has 10 nitrogen and oxygen atoms in total. The van der Waals surface area contributed by atoms with E-state index >= 15 is 0 Å². The molecule has 2 amide bonds. The molecule has 7 rings (SSSR count). The summed E-state index contributed by atoms with van der Waals surface area (Å²) in [5.41, 5.74) is 3.68. The minimum Gasteiger partial charge on any atom is -0.361 e. The van der Waals surface area contributed by atoms with Crippen molar-refractivity contribution in [2.75, 3.05) is 37.4 Å². The van der Waals surface area contributed by atoms with E-state index in [2.05, 4.69) is 36.9 Å². The molecule has 0 unspecified atom stereocenters. The standard InChI is InChI=1S/C28H36N8O2S/c1-18-24(13-33(4)32-18)25(29-3)14-39-17-31-26-6-5-20(10-30-26)27(38)36-21-7-22(36)12-34(11-21)23-8-28(9-23)15-35(16-28)19(2)37/h5-6,10,13-14,21-23H,3,7-9,11-12,15-17H2,1-2,4H3,(H,30,31)/b25-14-/t21-,22+. The van der Waals surface area contributed by atoms with Crippen LogP contribution in [0, 0.1) is 12.3 Å². The first kappa shape index (κ1) is 26.1. The Kier molecular flexibility index (Phi) is 6.74. The SMILES string of the molecule is C=N/C(=C\SCNc1ccc(C(=O)N2[C@@H]3C[C@H]2CN(C2CC4(C2)CN(C(C)=O)C4)C3)cn1)c1cn(C)nc1C. The van der Waals surface area contributed by atoms with Crippen LogP contribution in [-0.4, -0.2) is 98.2 Å². The molecule has 1 aliphatic carbocycles. The Morgan fingerprint density at radius 3 is 2.56 bits per heavy atom. The average Bonchev–Trinajstić information content (AvgIpc) is 3.20. The molecule has 0 radical (unpaired) electrons. The lowest BCUT2D eigenvalue weighted by atomic mass is 9.59. The number of aliphatic imine (C=N–C) groups is 1. The molecule has 2 aromatic heterocycles. The van der Waals surface area contributed by atoms with Gasteiger partial charge in [0.25, 0.3) is 5.91 Å². The summed E-state index contributed by atoms with van der Waals surface area (Å²) in [4.78, 5) is 40.0. The van der Waals surface area contributed by atoms with E-state index in [0.717, 1.165) is 55.4 Å². The number of piperazine rings is 1. The highest BCUT2D eigenvalue weighted by Gasteiger charge is 2.57. The molecular weight excluding hydrogens is 512 g/mol. The number of aryl methyl sites for hydroxylation is 2. The Morgan fingerprint density at radius 1 is 1.23 bits per heavy atom. The van der Waals surface area contributed by atoms with E-state index in [1.807, 2.05) is 42.6 Å². The van der Waals surface area contributed by atoms with Crippen molar-refractivity contribution in [2.24, 2.45) is 17.5 Å². The highest BCUT2D eigenvalue weighted by molar-refractivity contribution is 8.02. The zero-order chi connectivity index (χ0) is 27.3. The predicted octanol–water partition coefficient (Wildman–Crippen LogP) is 2.83. The fourth-order valence-corrected chi connectivity index (χ4v) is 7.44. The van der Waals surface area contributed by atoms with Gasteiger partial charge in [0, 0.05) is 81.6 Å². The summed E-state index contributed by atoms with van der Waals surface area (Å²) in [6.45, 7) is 11.1. The zero-order valence-corrected chi connectivity index (χ0v) is 23.7. The van der Waals surface area contributed by atoms with E-state index in [-0.39, 0.29) is 11.8 Å². The first-order valence-corrected chi connectivity index (χ1v) is 14.6. The van der Waals surface area contributed by atoms with Crippen LogP contribution in [0.4, 0.5) is 5.82 Å². The zero-order valence-electron chi connectivity index (χ0n) is 22.8. The molecule has 5 aliphatic rings. The summed E-state index contributed by atoms with van der Waals surface area (Å²) in [7, 11) is 1.89. The number of pyridine rings is 1. The van der Waals surface area contributed by atoms with Crippen LogP contribution in [0.15, 0.2) is 34.9 Å². The number of amides is 2. The first-order valence-electron chi connectivity index (χ1n) is 13.6. The molecule has 4 saturated heterocycles. The number of rotatable bonds is 8. The Labute approximate surface area is 233 Å². The van der Waals surface area contributed by atoms with Crippen LogP contribution in [0.1, 0.15) is 47.8 Å². The summed E-state index contributed by atoms with van der Waals surface area (Å²) in [6.07, 6.45) is 7.08. The number of piperidine rings is 1. The minimum atomic E-state index is 0.0852. The molecule has 6 heterocycles. The number of hydrogen-bond donors (Lipinski definition) is 1. The van der Waals surface area contributed by atoms with E-state index in [9.17, 15) is 9.59 Å². The maximum atomic E-state index is 13.3. The van der Waals surface area contributed by atoms with Gasteiger partial charge in [0.05, 0.1) is 22.8 Å². The third-order valence-corrected chi connectivity index (χ3v) is 9.51. The molecule has 1 N–H and O–H groups in total. The molecule has 206 valence electrons. The van der Waals surface area contributed by atoms with Gasteiger partial charge in [-0.05, 0) is 50.4 Å². The second-order valence-electron chi connectivity index (χ2n) is 11.5. The summed E-state index contributed by atoms with van der Waals surface area (Å²) < 4.78 is 1.77. The van der Waals surface area contributed by atoms with Crippen LogP contribution < -0.4 is 5.32 Å². The van der Waals surface area contributed by atoms with Gasteiger partial charge in [0.2, 0.25) is 5.91 Å². The van der Waals surface area contributed by atoms with Crippen molar-refractivity contribution in [1.82, 2.24) is 29.5 Å². The maximum absolute atomic E-state index is 13.3. The number of nitrogens with one attached hydrogen (secondary N) is 1. The van der Waals surface area contributed by atoms with Gasteiger partial charge >= 0.3 is 0 Å². The average molecular weight is 549 g/mol. The highest BCUT2D eigenvalue weighted by Crippen LogP contribution is 2.51. The van der Waals surface area contributed by atoms with E-state index < -0.39 is 0 Å². The second kappa shape index (κ2) is 10.1. The first-order chi connectivity index (χ1) is 18.7. The molecule has 39 heavy (non-hydrogen) atoms. The number of aromatic nitrogens is 3. The summed E-state index contributed by atoms with van der Waals surface area (Å²) in [5, 5.41) is 9.61. The summed E-state index contributed by atoms with van der Waals surface area (Å²) in [5.74, 6) is 1.62. The van der Waals surface area contributed by atoms with E-state index in [1.54, 1.807) is 29.6 Å². The van der Waals surface area contributed by atoms with Gasteiger partial charge in [0.15, 0.2) is 0 Å². The Bertz CT molecular complexity index is 1300. The van der Waals surface area contributed by atoms with Crippen molar-refractivity contribution in [1.29, 1.82) is 0 Å². The molecular formula is C28H36N8O2S. The Hall–Kier alpha value is -3.18. The van der Waals surface area contributed by atoms with E-state index in [0.29, 0.717) is 35.0 Å². The van der Waals surface area contributed by atoms with Crippen LogP contribution in [0.5, 0.6) is 0 Å². The van der Waals surface area contributed by atoms with Gasteiger partial charge in [-0.3, -0.25) is 24.2 Å². The number of anilines is 1. The lowest BCUT2D eigenvalue weighted by molar-refractivity contribution is -0.162. The van der Waals surface area contributed by atoms with Gasteiger partial charge in [-0.1, -0.05) is 0 Å². The maximum Gasteiger partial charge on any atom is 0.256 e. The molecule has 5 fully saturated rings. The monoisotopic (exact) mass is 548 g/mol. The smallest absolute Gasteiger partial charge is 0.256 e. The van der Waals surface area contributed by atoms with Gasteiger partial charge < -0.3 is 15.1 Å². The molecule has 0 aromatic carbocycles. The second-order valence-corrected chi connectivity index (χ2v) is 12.4. The summed E-state index contributed by atoms with van der Waals surface area (Å²) in [6, 6.07) is 4.93. The third kappa shape index (κ3) is 4.86. The van der Waals surface area contributed by atoms with Crippen LogP contribution in [0.2, 0.25) is 0 Å². The number of nitrogens with zero attached hydrogens (tertiary/aromatic N) is 7. The van der Waals surface area contributed by atoms with Crippen molar-refractivity contribution in [3.05, 3.63) is 46.8 Å². The van der Waals surface area contributed by atoms with Gasteiger partial charge in [-0.15, -0.1) is 11.8 Å². The number of hydrogen-bond acceptors (Lipinski definition) is 8. The fraction of sp³-hybridized carbons (Fsp3) is 0.536. The molecule has 2 atom stereocenters.